The minimum absolute atomic E-state index is 0.0731. The molecule has 0 amide bonds. The Hall–Kier alpha value is -3.60. The Balaban J connectivity index is 1.63. The van der Waals surface area contributed by atoms with Gasteiger partial charge in [-0.25, -0.2) is 12.8 Å². The third kappa shape index (κ3) is 4.81. The maximum Gasteiger partial charge on any atom is 0.416 e. The van der Waals surface area contributed by atoms with E-state index >= 15 is 0 Å². The van der Waals surface area contributed by atoms with Crippen LogP contribution in [0.5, 0.6) is 11.5 Å². The van der Waals surface area contributed by atoms with Crippen LogP contribution in [0.3, 0.4) is 0 Å². The first kappa shape index (κ1) is 24.5. The number of carboxylic acid groups (broad SMARTS) is 1. The van der Waals surface area contributed by atoms with Gasteiger partial charge in [-0.3, -0.25) is 9.10 Å². The first-order valence-electron chi connectivity index (χ1n) is 10.4. The zero-order chi connectivity index (χ0) is 25.5. The van der Waals surface area contributed by atoms with Gasteiger partial charge in [0.1, 0.15) is 17.3 Å². The van der Waals surface area contributed by atoms with Crippen LogP contribution in [-0.2, 0) is 21.0 Å². The number of halogens is 4. The molecule has 11 heteroatoms. The van der Waals surface area contributed by atoms with Crippen molar-refractivity contribution in [1.29, 1.82) is 0 Å². The highest BCUT2D eigenvalue weighted by atomic mass is 32.2. The van der Waals surface area contributed by atoms with E-state index in [0.717, 1.165) is 28.6 Å². The molecule has 0 saturated carbocycles. The second-order valence-electron chi connectivity index (χ2n) is 8.05. The molecule has 0 spiro atoms. The molecule has 0 aromatic heterocycles. The first-order valence-corrected chi connectivity index (χ1v) is 11.8. The molecule has 0 aliphatic carbocycles. The molecule has 0 fully saturated rings. The van der Waals surface area contributed by atoms with Gasteiger partial charge >= 0.3 is 12.1 Å². The molecule has 2 unspecified atom stereocenters. The van der Waals surface area contributed by atoms with Gasteiger partial charge in [0.05, 0.1) is 28.6 Å². The number of aliphatic carboxylic acids is 1. The predicted octanol–water partition coefficient (Wildman–Crippen LogP) is 5.79. The van der Waals surface area contributed by atoms with Crippen molar-refractivity contribution >= 4 is 21.7 Å². The Morgan fingerprint density at radius 1 is 1.03 bits per heavy atom. The van der Waals surface area contributed by atoms with Crippen molar-refractivity contribution in [1.82, 2.24) is 0 Å². The summed E-state index contributed by atoms with van der Waals surface area (Å²) in [5.74, 6) is -2.47. The zero-order valence-electron chi connectivity index (χ0n) is 18.2. The summed E-state index contributed by atoms with van der Waals surface area (Å²) in [6, 6.07) is 12.1. The van der Waals surface area contributed by atoms with Gasteiger partial charge < -0.3 is 9.84 Å². The normalized spacial score (nSPS) is 17.8. The molecule has 4 rings (SSSR count). The molecule has 2 atom stereocenters. The summed E-state index contributed by atoms with van der Waals surface area (Å²) in [5, 5.41) is 9.27. The van der Waals surface area contributed by atoms with E-state index in [-0.39, 0.29) is 34.1 Å². The van der Waals surface area contributed by atoms with E-state index in [0.29, 0.717) is 0 Å². The molecule has 1 heterocycles. The maximum atomic E-state index is 13.9. The molecule has 35 heavy (non-hydrogen) atoms. The Kier molecular flexibility index (Phi) is 6.22. The molecule has 1 aliphatic heterocycles. The van der Waals surface area contributed by atoms with Crippen molar-refractivity contribution in [3.05, 3.63) is 83.7 Å². The van der Waals surface area contributed by atoms with Crippen LogP contribution in [0.2, 0.25) is 0 Å². The van der Waals surface area contributed by atoms with Crippen LogP contribution < -0.4 is 9.04 Å². The summed E-state index contributed by atoms with van der Waals surface area (Å²) in [5.41, 5.74) is -0.411. The van der Waals surface area contributed by atoms with Gasteiger partial charge in [0, 0.05) is 5.92 Å². The predicted molar refractivity (Wildman–Crippen MR) is 118 cm³/mol. The number of rotatable bonds is 6. The molecule has 3 aromatic carbocycles. The summed E-state index contributed by atoms with van der Waals surface area (Å²) in [6.07, 6.45) is -4.92. The summed E-state index contributed by atoms with van der Waals surface area (Å²) in [7, 11) is -4.18. The number of nitrogens with zero attached hydrogens (tertiary/aromatic N) is 1. The Bertz CT molecular complexity index is 1370. The van der Waals surface area contributed by atoms with E-state index in [1.807, 2.05) is 0 Å². The van der Waals surface area contributed by atoms with Crippen LogP contribution in [0.1, 0.15) is 30.4 Å². The molecule has 6 nitrogen and oxygen atoms in total. The van der Waals surface area contributed by atoms with Gasteiger partial charge in [-0.2, -0.15) is 13.2 Å². The smallest absolute Gasteiger partial charge is 0.416 e. The molecule has 1 N–H and O–H groups in total. The molecule has 1 aliphatic rings. The van der Waals surface area contributed by atoms with E-state index in [2.05, 4.69) is 0 Å². The van der Waals surface area contributed by atoms with E-state index in [1.165, 1.54) is 42.5 Å². The number of hydrogen-bond donors (Lipinski definition) is 1. The van der Waals surface area contributed by atoms with Gasteiger partial charge in [0.25, 0.3) is 10.0 Å². The van der Waals surface area contributed by atoms with Crippen molar-refractivity contribution in [2.75, 3.05) is 4.31 Å². The summed E-state index contributed by atoms with van der Waals surface area (Å²) in [6.45, 7) is 1.55. The van der Waals surface area contributed by atoms with E-state index in [4.69, 9.17) is 4.74 Å². The maximum absolute atomic E-state index is 13.9. The molecule has 184 valence electrons. The van der Waals surface area contributed by atoms with Gasteiger partial charge in [-0.1, -0.05) is 6.07 Å². The molecular weight excluding hydrogens is 490 g/mol. The quantitative estimate of drug-likeness (QED) is 0.425. The lowest BCUT2D eigenvalue weighted by molar-refractivity contribution is -0.138. The Morgan fingerprint density at radius 3 is 2.34 bits per heavy atom. The fourth-order valence-electron chi connectivity index (χ4n) is 4.15. The summed E-state index contributed by atoms with van der Waals surface area (Å²) >= 11 is 0. The minimum atomic E-state index is -4.54. The summed E-state index contributed by atoms with van der Waals surface area (Å²) in [4.78, 5) is 11.2. The van der Waals surface area contributed by atoms with Gasteiger partial charge in [0.2, 0.25) is 0 Å². The van der Waals surface area contributed by atoms with Crippen molar-refractivity contribution in [2.24, 2.45) is 0 Å². The zero-order valence-corrected chi connectivity index (χ0v) is 19.0. The number of benzene rings is 3. The minimum Gasteiger partial charge on any atom is -0.481 e. The van der Waals surface area contributed by atoms with Crippen molar-refractivity contribution < 1.29 is 40.6 Å². The van der Waals surface area contributed by atoms with E-state index < -0.39 is 45.5 Å². The number of fused-ring (bicyclic) bond motifs is 1. The number of anilines is 1. The number of carbonyl (C=O) groups is 1. The van der Waals surface area contributed by atoms with Crippen LogP contribution in [0.25, 0.3) is 0 Å². The van der Waals surface area contributed by atoms with E-state index in [1.54, 1.807) is 6.92 Å². The van der Waals surface area contributed by atoms with Crippen LogP contribution in [0.4, 0.5) is 23.2 Å². The van der Waals surface area contributed by atoms with E-state index in [9.17, 15) is 35.9 Å². The lowest BCUT2D eigenvalue weighted by atomic mass is 9.93. The lowest BCUT2D eigenvalue weighted by Gasteiger charge is -2.26. The Labute approximate surface area is 198 Å². The highest BCUT2D eigenvalue weighted by Gasteiger charge is 2.43. The number of alkyl halides is 3. The molecule has 0 saturated heterocycles. The molecule has 0 radical (unpaired) electrons. The van der Waals surface area contributed by atoms with Crippen LogP contribution in [0, 0.1) is 5.82 Å². The highest BCUT2D eigenvalue weighted by molar-refractivity contribution is 7.92. The van der Waals surface area contributed by atoms with Crippen molar-refractivity contribution in [3.8, 4) is 11.5 Å². The van der Waals surface area contributed by atoms with Gasteiger partial charge in [0.15, 0.2) is 0 Å². The fraction of sp³-hybridized carbons (Fsp3) is 0.208. The molecular formula is C24H19F4NO5S. The molecule has 0 bridgehead atoms. The fourth-order valence-corrected chi connectivity index (χ4v) is 5.87. The van der Waals surface area contributed by atoms with Crippen molar-refractivity contribution in [2.45, 2.75) is 36.4 Å². The lowest BCUT2D eigenvalue weighted by Crippen LogP contribution is -2.37. The first-order chi connectivity index (χ1) is 16.4. The number of sulfonamides is 1. The monoisotopic (exact) mass is 509 g/mol. The van der Waals surface area contributed by atoms with Gasteiger partial charge in [-0.05, 0) is 73.2 Å². The standard InChI is InChI=1S/C24H19F4NO5S/c1-14-20(13-23(30)31)21-12-16(25)5-10-22(21)29(14)35(32,33)19-8-6-17(7-9-19)34-18-4-2-3-15(11-18)24(26,27)28/h2-12,14,20H,13H2,1H3,(H,30,31). The largest absolute Gasteiger partial charge is 0.481 e. The van der Waals surface area contributed by atoms with Gasteiger partial charge in [-0.15, -0.1) is 0 Å². The van der Waals surface area contributed by atoms with Crippen LogP contribution in [-0.4, -0.2) is 25.5 Å². The number of carboxylic acids is 1. The summed E-state index contributed by atoms with van der Waals surface area (Å²) < 4.78 is 86.1. The van der Waals surface area contributed by atoms with Crippen molar-refractivity contribution in [3.63, 3.8) is 0 Å². The Morgan fingerprint density at radius 2 is 1.71 bits per heavy atom. The number of hydrogen-bond acceptors (Lipinski definition) is 4. The average Bonchev–Trinajstić information content (AvgIpc) is 3.04. The topological polar surface area (TPSA) is 83.9 Å². The second-order valence-corrected chi connectivity index (χ2v) is 9.86. The van der Waals surface area contributed by atoms with Crippen LogP contribution >= 0.6 is 0 Å². The average molecular weight is 509 g/mol. The third-order valence-electron chi connectivity index (χ3n) is 5.75. The third-order valence-corrected chi connectivity index (χ3v) is 7.67. The molecule has 3 aromatic rings. The number of ether oxygens (including phenoxy) is 1. The SMILES string of the molecule is CC1C(CC(=O)O)c2cc(F)ccc2N1S(=O)(=O)c1ccc(Oc2cccc(C(F)(F)F)c2)cc1. The second kappa shape index (κ2) is 8.88. The highest BCUT2D eigenvalue weighted by Crippen LogP contribution is 2.46. The van der Waals surface area contributed by atoms with Crippen LogP contribution in [0.15, 0.2) is 71.6 Å².